The molecule has 0 saturated carbocycles. The van der Waals surface area contributed by atoms with Gasteiger partial charge in [0.2, 0.25) is 17.7 Å². The Morgan fingerprint density at radius 3 is 2.35 bits per heavy atom. The quantitative estimate of drug-likeness (QED) is 0.577. The molecule has 0 atom stereocenters. The molecule has 0 aliphatic carbocycles. The topological polar surface area (TPSA) is 91.4 Å². The number of carbonyl (C=O) groups excluding carboxylic acids is 3. The van der Waals surface area contributed by atoms with E-state index < -0.39 is 0 Å². The monoisotopic (exact) mass is 424 g/mol. The van der Waals surface area contributed by atoms with Crippen LogP contribution in [0, 0.1) is 5.92 Å². The van der Waals surface area contributed by atoms with Crippen molar-refractivity contribution in [1.82, 2.24) is 10.3 Å². The van der Waals surface area contributed by atoms with Crippen molar-refractivity contribution >= 4 is 29.2 Å². The van der Waals surface area contributed by atoms with Crippen molar-refractivity contribution in [3.8, 4) is 0 Å². The van der Waals surface area contributed by atoms with Gasteiger partial charge < -0.3 is 15.5 Å². The summed E-state index contributed by atoms with van der Waals surface area (Å²) in [7, 11) is 0. The number of aryl methyl sites for hydroxylation is 1. The van der Waals surface area contributed by atoms with Gasteiger partial charge in [-0.05, 0) is 48.6 Å². The summed E-state index contributed by atoms with van der Waals surface area (Å²) in [4.78, 5) is 43.0. The summed E-state index contributed by atoms with van der Waals surface area (Å²) in [5.41, 5.74) is 1.79. The minimum atomic E-state index is -0.297. The lowest BCUT2D eigenvalue weighted by molar-refractivity contribution is -0.125. The maximum atomic E-state index is 12.9. The second-order valence-corrected chi connectivity index (χ2v) is 7.80. The molecule has 0 aliphatic heterocycles. The molecule has 2 N–H and O–H groups in total. The van der Waals surface area contributed by atoms with Crippen LogP contribution in [0.25, 0.3) is 0 Å². The normalized spacial score (nSPS) is 10.6. The predicted octanol–water partition coefficient (Wildman–Crippen LogP) is 3.56. The van der Waals surface area contributed by atoms with Crippen LogP contribution >= 0.6 is 0 Å². The number of nitrogens with zero attached hydrogens (tertiary/aromatic N) is 2. The summed E-state index contributed by atoms with van der Waals surface area (Å²) in [6.07, 6.45) is 3.35. The van der Waals surface area contributed by atoms with Crippen molar-refractivity contribution < 1.29 is 14.4 Å². The van der Waals surface area contributed by atoms with E-state index in [9.17, 15) is 14.4 Å². The molecule has 0 bridgehead atoms. The number of nitrogens with one attached hydrogen (secondary N) is 2. The Kier molecular flexibility index (Phi) is 9.68. The van der Waals surface area contributed by atoms with Crippen LogP contribution < -0.4 is 15.5 Å². The molecule has 166 valence electrons. The number of anilines is 2. The third kappa shape index (κ3) is 8.58. The third-order valence-corrected chi connectivity index (χ3v) is 4.80. The summed E-state index contributed by atoms with van der Waals surface area (Å²) in [6.45, 7) is 6.73. The molecular formula is C24H32N4O3. The van der Waals surface area contributed by atoms with Crippen LogP contribution in [0.5, 0.6) is 0 Å². The van der Waals surface area contributed by atoms with E-state index in [2.05, 4.69) is 36.4 Å². The Morgan fingerprint density at radius 2 is 1.74 bits per heavy atom. The molecule has 2 aromatic rings. The van der Waals surface area contributed by atoms with E-state index in [1.165, 1.54) is 4.90 Å². The molecule has 0 spiro atoms. The number of pyridine rings is 1. The molecule has 1 heterocycles. The fraction of sp³-hybridized carbons (Fsp3) is 0.417. The van der Waals surface area contributed by atoms with Crippen molar-refractivity contribution in [2.24, 2.45) is 5.92 Å². The molecule has 3 amide bonds. The van der Waals surface area contributed by atoms with Gasteiger partial charge in [-0.1, -0.05) is 39.0 Å². The number of carbonyl (C=O) groups is 3. The second-order valence-electron chi connectivity index (χ2n) is 7.80. The van der Waals surface area contributed by atoms with Crippen molar-refractivity contribution in [1.29, 1.82) is 0 Å². The largest absolute Gasteiger partial charge is 0.355 e. The van der Waals surface area contributed by atoms with Crippen LogP contribution in [0.1, 0.15) is 45.6 Å². The Balaban J connectivity index is 2.00. The van der Waals surface area contributed by atoms with E-state index >= 15 is 0 Å². The van der Waals surface area contributed by atoms with E-state index in [4.69, 9.17) is 0 Å². The van der Waals surface area contributed by atoms with E-state index in [-0.39, 0.29) is 37.1 Å². The fourth-order valence-electron chi connectivity index (χ4n) is 2.93. The van der Waals surface area contributed by atoms with Crippen LogP contribution in [0.4, 0.5) is 11.5 Å². The van der Waals surface area contributed by atoms with E-state index in [1.54, 1.807) is 24.4 Å². The zero-order valence-corrected chi connectivity index (χ0v) is 18.6. The number of aromatic nitrogens is 1. The Morgan fingerprint density at radius 1 is 1.00 bits per heavy atom. The van der Waals surface area contributed by atoms with Gasteiger partial charge in [-0.25, -0.2) is 4.98 Å². The van der Waals surface area contributed by atoms with Crippen molar-refractivity contribution in [3.63, 3.8) is 0 Å². The number of hydrogen-bond donors (Lipinski definition) is 2. The minimum absolute atomic E-state index is 0.00648. The molecular weight excluding hydrogens is 392 g/mol. The Bertz CT molecular complexity index is 851. The smallest absolute Gasteiger partial charge is 0.240 e. The van der Waals surface area contributed by atoms with Crippen LogP contribution in [-0.2, 0) is 20.8 Å². The Hall–Kier alpha value is -3.22. The van der Waals surface area contributed by atoms with E-state index in [0.717, 1.165) is 18.4 Å². The van der Waals surface area contributed by atoms with Crippen LogP contribution in [-0.4, -0.2) is 35.8 Å². The van der Waals surface area contributed by atoms with Gasteiger partial charge in [0.25, 0.3) is 0 Å². The molecule has 2 rings (SSSR count). The highest BCUT2D eigenvalue weighted by Crippen LogP contribution is 2.17. The van der Waals surface area contributed by atoms with Gasteiger partial charge in [0, 0.05) is 31.3 Å². The zero-order chi connectivity index (χ0) is 22.6. The van der Waals surface area contributed by atoms with E-state index in [0.29, 0.717) is 24.0 Å². The molecule has 7 heteroatoms. The number of hydrogen-bond acceptors (Lipinski definition) is 4. The summed E-state index contributed by atoms with van der Waals surface area (Å²) in [5, 5.41) is 5.54. The minimum Gasteiger partial charge on any atom is -0.355 e. The molecule has 7 nitrogen and oxygen atoms in total. The van der Waals surface area contributed by atoms with E-state index in [1.807, 2.05) is 24.3 Å². The van der Waals surface area contributed by atoms with Crippen LogP contribution in [0.3, 0.4) is 0 Å². The van der Waals surface area contributed by atoms with Gasteiger partial charge in [0.1, 0.15) is 12.4 Å². The molecule has 0 radical (unpaired) electrons. The van der Waals surface area contributed by atoms with Gasteiger partial charge in [-0.15, -0.1) is 0 Å². The first kappa shape index (κ1) is 24.1. The number of amides is 3. The van der Waals surface area contributed by atoms with Gasteiger partial charge in [0.05, 0.1) is 0 Å². The molecule has 1 aromatic carbocycles. The second kappa shape index (κ2) is 12.5. The first-order chi connectivity index (χ1) is 14.9. The van der Waals surface area contributed by atoms with Crippen molar-refractivity contribution in [2.75, 3.05) is 23.3 Å². The lowest BCUT2D eigenvalue weighted by Crippen LogP contribution is -2.41. The highest BCUT2D eigenvalue weighted by molar-refractivity contribution is 6.01. The molecule has 0 fully saturated rings. The standard InChI is InChI=1S/C24H32N4O3/c1-4-19-8-10-20(11-9-19)28(17-23(30)26-16-14-18(2)3)24(31)13-12-22(29)27-21-7-5-6-15-25-21/h5-11,15,18H,4,12-14,16-17H2,1-3H3,(H,26,30)(H,25,27,29). The number of rotatable bonds is 11. The van der Waals surface area contributed by atoms with Crippen molar-refractivity contribution in [3.05, 3.63) is 54.2 Å². The average molecular weight is 425 g/mol. The van der Waals surface area contributed by atoms with Gasteiger partial charge in [-0.3, -0.25) is 14.4 Å². The molecule has 0 aliphatic rings. The lowest BCUT2D eigenvalue weighted by atomic mass is 10.1. The Labute approximate surface area is 184 Å². The summed E-state index contributed by atoms with van der Waals surface area (Å²) >= 11 is 0. The first-order valence-electron chi connectivity index (χ1n) is 10.8. The average Bonchev–Trinajstić information content (AvgIpc) is 2.76. The summed E-state index contributed by atoms with van der Waals surface area (Å²) < 4.78 is 0. The molecule has 0 unspecified atom stereocenters. The van der Waals surface area contributed by atoms with Gasteiger partial charge in [-0.2, -0.15) is 0 Å². The van der Waals surface area contributed by atoms with Gasteiger partial charge in [0.15, 0.2) is 0 Å². The van der Waals surface area contributed by atoms with Crippen molar-refractivity contribution in [2.45, 2.75) is 46.5 Å². The lowest BCUT2D eigenvalue weighted by Gasteiger charge is -2.23. The highest BCUT2D eigenvalue weighted by Gasteiger charge is 2.20. The third-order valence-electron chi connectivity index (χ3n) is 4.80. The molecule has 1 aromatic heterocycles. The van der Waals surface area contributed by atoms with Gasteiger partial charge >= 0.3 is 0 Å². The first-order valence-corrected chi connectivity index (χ1v) is 10.8. The maximum absolute atomic E-state index is 12.9. The van der Waals surface area contributed by atoms with Crippen LogP contribution in [0.2, 0.25) is 0 Å². The maximum Gasteiger partial charge on any atom is 0.240 e. The number of benzene rings is 1. The fourth-order valence-corrected chi connectivity index (χ4v) is 2.93. The predicted molar refractivity (Wildman–Crippen MR) is 123 cm³/mol. The molecule has 0 saturated heterocycles. The summed E-state index contributed by atoms with van der Waals surface area (Å²) in [6, 6.07) is 12.8. The molecule has 31 heavy (non-hydrogen) atoms. The summed E-state index contributed by atoms with van der Waals surface area (Å²) in [5.74, 6) is 0.134. The zero-order valence-electron chi connectivity index (χ0n) is 18.6. The SMILES string of the molecule is CCc1ccc(N(CC(=O)NCCC(C)C)C(=O)CCC(=O)Nc2ccccn2)cc1. The van der Waals surface area contributed by atoms with Crippen LogP contribution in [0.15, 0.2) is 48.7 Å². The highest BCUT2D eigenvalue weighted by atomic mass is 16.2.